The Bertz CT molecular complexity index is 386. The molecule has 4 heteroatoms. The second-order valence-corrected chi connectivity index (χ2v) is 3.60. The van der Waals surface area contributed by atoms with E-state index in [0.717, 1.165) is 31.0 Å². The molecule has 2 rings (SSSR count). The molecule has 0 saturated heterocycles. The van der Waals surface area contributed by atoms with Crippen LogP contribution in [-0.2, 0) is 4.79 Å². The molecule has 0 spiro atoms. The minimum Gasteiger partial charge on any atom is -0.483 e. The lowest BCUT2D eigenvalue weighted by Crippen LogP contribution is -2.13. The summed E-state index contributed by atoms with van der Waals surface area (Å²) in [7, 11) is 0. The lowest BCUT2D eigenvalue weighted by Gasteiger charge is -2.05. The Balaban J connectivity index is 1.97. The number of carbonyl (C=O) groups excluding carboxylic acids is 1. The lowest BCUT2D eigenvalue weighted by molar-refractivity contribution is -0.122. The third kappa shape index (κ3) is 2.52. The molecule has 0 atom stereocenters. The number of rotatable bonds is 4. The number of ketones is 1. The Hall–Kier alpha value is -1.45. The van der Waals surface area contributed by atoms with Gasteiger partial charge in [0.1, 0.15) is 12.4 Å². The van der Waals surface area contributed by atoms with Crippen LogP contribution in [0.1, 0.15) is 12.8 Å². The third-order valence-corrected chi connectivity index (χ3v) is 2.30. The molecule has 0 amide bonds. The molecule has 0 aliphatic heterocycles. The van der Waals surface area contributed by atoms with Gasteiger partial charge < -0.3 is 4.74 Å². The van der Waals surface area contributed by atoms with Crippen molar-refractivity contribution in [2.24, 2.45) is 5.92 Å². The van der Waals surface area contributed by atoms with E-state index in [2.05, 4.69) is 0 Å². The number of hydrogen-bond acceptors (Lipinski definition) is 2. The van der Waals surface area contributed by atoms with Crippen molar-refractivity contribution < 1.29 is 18.3 Å². The van der Waals surface area contributed by atoms with Gasteiger partial charge in [-0.1, -0.05) is 0 Å². The van der Waals surface area contributed by atoms with Crippen molar-refractivity contribution in [2.75, 3.05) is 6.61 Å². The number of ether oxygens (including phenoxy) is 1. The highest BCUT2D eigenvalue weighted by atomic mass is 19.1. The van der Waals surface area contributed by atoms with Gasteiger partial charge in [0.15, 0.2) is 17.3 Å². The SMILES string of the molecule is O=C(COc1cc(F)ccc1F)C1CC1. The fraction of sp³-hybridized carbons (Fsp3) is 0.364. The summed E-state index contributed by atoms with van der Waals surface area (Å²) in [6.07, 6.45) is 1.77. The van der Waals surface area contributed by atoms with Crippen molar-refractivity contribution in [2.45, 2.75) is 12.8 Å². The highest BCUT2D eigenvalue weighted by Gasteiger charge is 2.29. The van der Waals surface area contributed by atoms with Gasteiger partial charge in [0, 0.05) is 12.0 Å². The van der Waals surface area contributed by atoms with E-state index in [0.29, 0.717) is 0 Å². The van der Waals surface area contributed by atoms with Crippen LogP contribution in [0.2, 0.25) is 0 Å². The van der Waals surface area contributed by atoms with Crippen LogP contribution < -0.4 is 4.74 Å². The summed E-state index contributed by atoms with van der Waals surface area (Å²) in [4.78, 5) is 11.2. The maximum Gasteiger partial charge on any atom is 0.173 e. The highest BCUT2D eigenvalue weighted by molar-refractivity contribution is 5.84. The van der Waals surface area contributed by atoms with Crippen molar-refractivity contribution >= 4 is 5.78 Å². The molecule has 80 valence electrons. The number of Topliss-reactive ketones (excluding diaryl/α,β-unsaturated/α-hetero) is 1. The molecule has 15 heavy (non-hydrogen) atoms. The average Bonchev–Trinajstić information content (AvgIpc) is 3.02. The summed E-state index contributed by atoms with van der Waals surface area (Å²) >= 11 is 0. The van der Waals surface area contributed by atoms with Gasteiger partial charge >= 0.3 is 0 Å². The first-order valence-corrected chi connectivity index (χ1v) is 4.77. The van der Waals surface area contributed by atoms with E-state index in [4.69, 9.17) is 4.74 Å². The molecule has 1 aliphatic rings. The zero-order valence-electron chi connectivity index (χ0n) is 8.00. The van der Waals surface area contributed by atoms with E-state index in [9.17, 15) is 13.6 Å². The van der Waals surface area contributed by atoms with Crippen LogP contribution >= 0.6 is 0 Å². The van der Waals surface area contributed by atoms with Crippen molar-refractivity contribution in [1.82, 2.24) is 0 Å². The highest BCUT2D eigenvalue weighted by Crippen LogP contribution is 2.30. The second kappa shape index (κ2) is 3.96. The minimum absolute atomic E-state index is 0.0429. The molecule has 0 unspecified atom stereocenters. The van der Waals surface area contributed by atoms with E-state index in [1.165, 1.54) is 0 Å². The zero-order chi connectivity index (χ0) is 10.8. The fourth-order valence-corrected chi connectivity index (χ4v) is 1.26. The molecule has 0 radical (unpaired) electrons. The fourth-order valence-electron chi connectivity index (χ4n) is 1.26. The molecular formula is C11H10F2O2. The maximum absolute atomic E-state index is 13.0. The van der Waals surface area contributed by atoms with Crippen LogP contribution in [-0.4, -0.2) is 12.4 Å². The first kappa shape index (κ1) is 10.1. The first-order valence-electron chi connectivity index (χ1n) is 4.77. The van der Waals surface area contributed by atoms with Crippen LogP contribution in [0.3, 0.4) is 0 Å². The molecule has 0 bridgehead atoms. The lowest BCUT2D eigenvalue weighted by atomic mass is 10.3. The Morgan fingerprint density at radius 1 is 1.40 bits per heavy atom. The largest absolute Gasteiger partial charge is 0.483 e. The smallest absolute Gasteiger partial charge is 0.173 e. The van der Waals surface area contributed by atoms with Gasteiger partial charge in [-0.2, -0.15) is 0 Å². The molecule has 0 N–H and O–H groups in total. The van der Waals surface area contributed by atoms with Crippen molar-refractivity contribution in [3.05, 3.63) is 29.8 Å². The number of carbonyl (C=O) groups is 1. The Labute approximate surface area is 85.9 Å². The molecule has 2 nitrogen and oxygen atoms in total. The van der Waals surface area contributed by atoms with Crippen molar-refractivity contribution in [1.29, 1.82) is 0 Å². The minimum atomic E-state index is -0.653. The Morgan fingerprint density at radius 2 is 2.13 bits per heavy atom. The quantitative estimate of drug-likeness (QED) is 0.765. The van der Waals surface area contributed by atoms with Gasteiger partial charge in [-0.15, -0.1) is 0 Å². The third-order valence-electron chi connectivity index (χ3n) is 2.30. The molecule has 0 aromatic heterocycles. The molecule has 0 heterocycles. The standard InChI is InChI=1S/C11H10F2O2/c12-8-3-4-9(13)11(5-8)15-6-10(14)7-1-2-7/h3-5,7H,1-2,6H2. The van der Waals surface area contributed by atoms with Gasteiger partial charge in [-0.05, 0) is 25.0 Å². The molecular weight excluding hydrogens is 202 g/mol. The van der Waals surface area contributed by atoms with Crippen molar-refractivity contribution in [3.63, 3.8) is 0 Å². The zero-order valence-corrected chi connectivity index (χ0v) is 8.00. The average molecular weight is 212 g/mol. The Kier molecular flexibility index (Phi) is 2.66. The molecule has 1 fully saturated rings. The van der Waals surface area contributed by atoms with Crippen molar-refractivity contribution in [3.8, 4) is 5.75 Å². The summed E-state index contributed by atoms with van der Waals surface area (Å²) in [5, 5.41) is 0. The van der Waals surface area contributed by atoms with E-state index >= 15 is 0 Å². The van der Waals surface area contributed by atoms with E-state index < -0.39 is 11.6 Å². The molecule has 1 aromatic carbocycles. The predicted molar refractivity (Wildman–Crippen MR) is 49.6 cm³/mol. The summed E-state index contributed by atoms with van der Waals surface area (Å²) in [5.41, 5.74) is 0. The topological polar surface area (TPSA) is 26.3 Å². The van der Waals surface area contributed by atoms with Gasteiger partial charge in [0.2, 0.25) is 0 Å². The van der Waals surface area contributed by atoms with E-state index in [1.54, 1.807) is 0 Å². The molecule has 1 aliphatic carbocycles. The number of halogens is 2. The van der Waals surface area contributed by atoms with Gasteiger partial charge in [0.25, 0.3) is 0 Å². The van der Waals surface area contributed by atoms with Gasteiger partial charge in [-0.25, -0.2) is 8.78 Å². The Morgan fingerprint density at radius 3 is 2.80 bits per heavy atom. The van der Waals surface area contributed by atoms with Crippen LogP contribution in [0, 0.1) is 17.6 Å². The first-order chi connectivity index (χ1) is 7.16. The summed E-state index contributed by atoms with van der Waals surface area (Å²) in [6.45, 7) is -0.176. The summed E-state index contributed by atoms with van der Waals surface area (Å²) in [5.74, 6) is -1.41. The predicted octanol–water partition coefficient (Wildman–Crippen LogP) is 2.32. The monoisotopic (exact) mass is 212 g/mol. The van der Waals surface area contributed by atoms with E-state index in [1.807, 2.05) is 0 Å². The van der Waals surface area contributed by atoms with Crippen LogP contribution in [0.5, 0.6) is 5.75 Å². The van der Waals surface area contributed by atoms with Gasteiger partial charge in [0.05, 0.1) is 0 Å². The summed E-state index contributed by atoms with van der Waals surface area (Å²) in [6, 6.07) is 2.92. The second-order valence-electron chi connectivity index (χ2n) is 3.60. The number of hydrogen-bond donors (Lipinski definition) is 0. The van der Waals surface area contributed by atoms with Gasteiger partial charge in [-0.3, -0.25) is 4.79 Å². The molecule has 1 aromatic rings. The molecule has 1 saturated carbocycles. The number of benzene rings is 1. The van der Waals surface area contributed by atoms with E-state index in [-0.39, 0.29) is 24.1 Å². The van der Waals surface area contributed by atoms with Crippen LogP contribution in [0.4, 0.5) is 8.78 Å². The normalized spacial score (nSPS) is 15.1. The summed E-state index contributed by atoms with van der Waals surface area (Å²) < 4.78 is 30.7. The van der Waals surface area contributed by atoms with Crippen LogP contribution in [0.25, 0.3) is 0 Å². The maximum atomic E-state index is 13.0. The van der Waals surface area contributed by atoms with Crippen LogP contribution in [0.15, 0.2) is 18.2 Å².